The molecule has 1 N–H and O–H groups in total. The van der Waals surface area contributed by atoms with Crippen LogP contribution in [0.15, 0.2) is 36.4 Å². The quantitative estimate of drug-likeness (QED) is 0.925. The Kier molecular flexibility index (Phi) is 3.88. The Balaban J connectivity index is 1.70. The molecule has 21 heavy (non-hydrogen) atoms. The van der Waals surface area contributed by atoms with E-state index in [4.69, 9.17) is 4.74 Å². The zero-order valence-electron chi connectivity index (χ0n) is 11.8. The lowest BCUT2D eigenvalue weighted by atomic mass is 10.1. The highest BCUT2D eigenvalue weighted by Gasteiger charge is 2.16. The lowest BCUT2D eigenvalue weighted by Crippen LogP contribution is -2.20. The summed E-state index contributed by atoms with van der Waals surface area (Å²) < 4.78 is 32.9. The van der Waals surface area contributed by atoms with Crippen LogP contribution in [0.25, 0.3) is 0 Å². The monoisotopic (exact) mass is 289 g/mol. The van der Waals surface area contributed by atoms with Gasteiger partial charge in [-0.1, -0.05) is 18.2 Å². The second-order valence-corrected chi connectivity index (χ2v) is 5.28. The summed E-state index contributed by atoms with van der Waals surface area (Å²) in [4.78, 5) is 0. The molecule has 2 aromatic rings. The summed E-state index contributed by atoms with van der Waals surface area (Å²) >= 11 is 0. The molecule has 2 nitrogen and oxygen atoms in total. The van der Waals surface area contributed by atoms with Crippen LogP contribution < -0.4 is 10.1 Å². The standard InChI is InChI=1S/C17H17F2NO/c1-11(17-14(18)3-2-4-15(17)19)20-10-12-5-6-16-13(9-12)7-8-21-16/h2-6,9,11,20H,7-8,10H2,1H3. The van der Waals surface area contributed by atoms with Crippen LogP contribution in [0.1, 0.15) is 29.7 Å². The van der Waals surface area contributed by atoms with Gasteiger partial charge in [0.05, 0.1) is 6.61 Å². The van der Waals surface area contributed by atoms with Gasteiger partial charge in [-0.3, -0.25) is 0 Å². The van der Waals surface area contributed by atoms with Crippen molar-refractivity contribution in [3.8, 4) is 5.75 Å². The van der Waals surface area contributed by atoms with Crippen molar-refractivity contribution in [3.05, 3.63) is 64.7 Å². The highest BCUT2D eigenvalue weighted by Crippen LogP contribution is 2.26. The number of benzene rings is 2. The van der Waals surface area contributed by atoms with Crippen LogP contribution in [0.4, 0.5) is 8.78 Å². The summed E-state index contributed by atoms with van der Waals surface area (Å²) in [6.45, 7) is 3.04. The van der Waals surface area contributed by atoms with E-state index in [2.05, 4.69) is 11.4 Å². The predicted molar refractivity (Wildman–Crippen MR) is 77.3 cm³/mol. The van der Waals surface area contributed by atoms with Gasteiger partial charge in [-0.25, -0.2) is 8.78 Å². The van der Waals surface area contributed by atoms with E-state index in [1.165, 1.54) is 23.8 Å². The van der Waals surface area contributed by atoms with Crippen LogP contribution in [0.3, 0.4) is 0 Å². The van der Waals surface area contributed by atoms with E-state index >= 15 is 0 Å². The van der Waals surface area contributed by atoms with Crippen molar-refractivity contribution >= 4 is 0 Å². The Morgan fingerprint density at radius 3 is 2.71 bits per heavy atom. The largest absolute Gasteiger partial charge is 0.493 e. The van der Waals surface area contributed by atoms with Gasteiger partial charge >= 0.3 is 0 Å². The molecule has 0 spiro atoms. The molecule has 0 bridgehead atoms. The van der Waals surface area contributed by atoms with Gasteiger partial charge in [0.25, 0.3) is 0 Å². The summed E-state index contributed by atoms with van der Waals surface area (Å²) in [5.74, 6) is -0.0957. The molecule has 1 atom stereocenters. The van der Waals surface area contributed by atoms with Crippen molar-refractivity contribution in [1.29, 1.82) is 0 Å². The molecule has 1 aliphatic rings. The van der Waals surface area contributed by atoms with Crippen molar-refractivity contribution in [2.24, 2.45) is 0 Å². The van der Waals surface area contributed by atoms with Gasteiger partial charge in [-0.05, 0) is 36.2 Å². The fourth-order valence-electron chi connectivity index (χ4n) is 2.65. The van der Waals surface area contributed by atoms with Gasteiger partial charge in [0.1, 0.15) is 17.4 Å². The number of ether oxygens (including phenoxy) is 1. The van der Waals surface area contributed by atoms with E-state index in [-0.39, 0.29) is 5.56 Å². The number of hydrogen-bond donors (Lipinski definition) is 1. The normalized spacial score (nSPS) is 14.6. The van der Waals surface area contributed by atoms with Crippen LogP contribution >= 0.6 is 0 Å². The molecule has 0 aromatic heterocycles. The minimum Gasteiger partial charge on any atom is -0.493 e. The molecule has 3 rings (SSSR count). The SMILES string of the molecule is CC(NCc1ccc2c(c1)CCO2)c1c(F)cccc1F. The number of halogens is 2. The Hall–Kier alpha value is -1.94. The summed E-state index contributed by atoms with van der Waals surface area (Å²) in [6.07, 6.45) is 0.917. The van der Waals surface area contributed by atoms with Crippen LogP contribution in [0.5, 0.6) is 5.75 Å². The zero-order chi connectivity index (χ0) is 14.8. The molecule has 1 unspecified atom stereocenters. The topological polar surface area (TPSA) is 21.3 Å². The van der Waals surface area contributed by atoms with E-state index in [1.807, 2.05) is 12.1 Å². The van der Waals surface area contributed by atoms with Gasteiger partial charge < -0.3 is 10.1 Å². The molecule has 2 aromatic carbocycles. The minimum absolute atomic E-state index is 0.0852. The smallest absolute Gasteiger partial charge is 0.130 e. The maximum absolute atomic E-state index is 13.7. The Morgan fingerprint density at radius 1 is 1.19 bits per heavy atom. The summed E-state index contributed by atoms with van der Waals surface area (Å²) in [7, 11) is 0. The minimum atomic E-state index is -0.516. The highest BCUT2D eigenvalue weighted by molar-refractivity contribution is 5.39. The van der Waals surface area contributed by atoms with E-state index < -0.39 is 17.7 Å². The van der Waals surface area contributed by atoms with E-state index in [0.717, 1.165) is 24.3 Å². The number of fused-ring (bicyclic) bond motifs is 1. The van der Waals surface area contributed by atoms with Crippen molar-refractivity contribution < 1.29 is 13.5 Å². The maximum Gasteiger partial charge on any atom is 0.130 e. The average molecular weight is 289 g/mol. The second kappa shape index (κ2) is 5.82. The van der Waals surface area contributed by atoms with Gasteiger partial charge in [0.15, 0.2) is 0 Å². The molecule has 0 saturated heterocycles. The molecular weight excluding hydrogens is 272 g/mol. The van der Waals surface area contributed by atoms with Crippen LogP contribution in [0.2, 0.25) is 0 Å². The number of rotatable bonds is 4. The Labute approximate surface area is 122 Å². The first-order valence-electron chi connectivity index (χ1n) is 7.07. The maximum atomic E-state index is 13.7. The molecule has 1 heterocycles. The molecule has 0 amide bonds. The van der Waals surface area contributed by atoms with Gasteiger partial charge in [0, 0.05) is 24.6 Å². The number of hydrogen-bond acceptors (Lipinski definition) is 2. The van der Waals surface area contributed by atoms with Crippen molar-refractivity contribution in [3.63, 3.8) is 0 Å². The fourth-order valence-corrected chi connectivity index (χ4v) is 2.65. The lowest BCUT2D eigenvalue weighted by molar-refractivity contribution is 0.357. The summed E-state index contributed by atoms with van der Waals surface area (Å²) in [5.41, 5.74) is 2.36. The molecule has 0 saturated carbocycles. The van der Waals surface area contributed by atoms with E-state index in [1.54, 1.807) is 6.92 Å². The first-order valence-corrected chi connectivity index (χ1v) is 7.07. The van der Waals surface area contributed by atoms with Crippen LogP contribution in [-0.4, -0.2) is 6.61 Å². The first kappa shape index (κ1) is 14.0. The van der Waals surface area contributed by atoms with E-state index in [0.29, 0.717) is 6.54 Å². The van der Waals surface area contributed by atoms with Gasteiger partial charge in [-0.2, -0.15) is 0 Å². The molecule has 0 fully saturated rings. The Morgan fingerprint density at radius 2 is 1.95 bits per heavy atom. The lowest BCUT2D eigenvalue weighted by Gasteiger charge is -2.16. The summed E-state index contributed by atoms with van der Waals surface area (Å²) in [6, 6.07) is 9.55. The molecule has 110 valence electrons. The third-order valence-corrected chi connectivity index (χ3v) is 3.80. The molecule has 0 radical (unpaired) electrons. The van der Waals surface area contributed by atoms with Crippen molar-refractivity contribution in [2.45, 2.75) is 25.9 Å². The molecule has 1 aliphatic heterocycles. The number of nitrogens with one attached hydrogen (secondary N) is 1. The highest BCUT2D eigenvalue weighted by atomic mass is 19.1. The fraction of sp³-hybridized carbons (Fsp3) is 0.294. The zero-order valence-corrected chi connectivity index (χ0v) is 11.8. The van der Waals surface area contributed by atoms with Crippen LogP contribution in [-0.2, 0) is 13.0 Å². The third-order valence-electron chi connectivity index (χ3n) is 3.80. The molecule has 0 aliphatic carbocycles. The van der Waals surface area contributed by atoms with Crippen molar-refractivity contribution in [2.75, 3.05) is 6.61 Å². The predicted octanol–water partition coefficient (Wildman–Crippen LogP) is 3.75. The third kappa shape index (κ3) is 2.90. The Bertz CT molecular complexity index is 637. The first-order chi connectivity index (χ1) is 10.1. The molecule has 4 heteroatoms. The summed E-state index contributed by atoms with van der Waals surface area (Å²) in [5, 5.41) is 3.17. The van der Waals surface area contributed by atoms with Gasteiger partial charge in [0.2, 0.25) is 0 Å². The van der Waals surface area contributed by atoms with Gasteiger partial charge in [-0.15, -0.1) is 0 Å². The second-order valence-electron chi connectivity index (χ2n) is 5.28. The van der Waals surface area contributed by atoms with Crippen molar-refractivity contribution in [1.82, 2.24) is 5.32 Å². The van der Waals surface area contributed by atoms with E-state index in [9.17, 15) is 8.78 Å². The molecular formula is C17H17F2NO. The average Bonchev–Trinajstić information content (AvgIpc) is 2.92. The van der Waals surface area contributed by atoms with Crippen LogP contribution in [0, 0.1) is 11.6 Å².